The number of amides is 1. The molecule has 1 amide bonds. The summed E-state index contributed by atoms with van der Waals surface area (Å²) in [5.74, 6) is -1.00. The molecular weight excluding hydrogens is 479 g/mol. The first kappa shape index (κ1) is 23.5. The largest absolute Gasteiger partial charge is 0.348 e. The van der Waals surface area contributed by atoms with Crippen molar-refractivity contribution >= 4 is 33.2 Å². The van der Waals surface area contributed by atoms with Gasteiger partial charge in [0.05, 0.1) is 26.9 Å². The highest BCUT2D eigenvalue weighted by Gasteiger charge is 2.24. The van der Waals surface area contributed by atoms with E-state index in [0.29, 0.717) is 0 Å². The van der Waals surface area contributed by atoms with E-state index in [1.165, 1.54) is 49.5 Å². The summed E-state index contributed by atoms with van der Waals surface area (Å²) < 4.78 is 42.1. The minimum Gasteiger partial charge on any atom is -0.348 e. The first-order valence-corrected chi connectivity index (χ1v) is 12.0. The molecule has 1 N–H and O–H groups in total. The number of hydrogen-bond donors (Lipinski definition) is 1. The van der Waals surface area contributed by atoms with Gasteiger partial charge in [-0.25, -0.2) is 17.5 Å². The fourth-order valence-electron chi connectivity index (χ4n) is 3.35. The van der Waals surface area contributed by atoms with Crippen molar-refractivity contribution in [3.05, 3.63) is 107 Å². The van der Waals surface area contributed by atoms with Gasteiger partial charge in [-0.3, -0.25) is 9.10 Å². The van der Waals surface area contributed by atoms with Gasteiger partial charge in [0.25, 0.3) is 15.9 Å². The number of carbonyl (C=O) groups excluding carboxylic acids is 1. The third-order valence-electron chi connectivity index (χ3n) is 5.21. The lowest BCUT2D eigenvalue weighted by atomic mass is 10.1. The molecule has 0 unspecified atom stereocenters. The Balaban J connectivity index is 1.57. The monoisotopic (exact) mass is 498 g/mol. The molecule has 34 heavy (non-hydrogen) atoms. The highest BCUT2D eigenvalue weighted by Crippen LogP contribution is 2.26. The highest BCUT2D eigenvalue weighted by atomic mass is 35.5. The Bertz CT molecular complexity index is 1430. The number of rotatable bonds is 7. The normalized spacial score (nSPS) is 11.3. The third kappa shape index (κ3) is 4.80. The van der Waals surface area contributed by atoms with E-state index in [-0.39, 0.29) is 27.7 Å². The molecule has 0 spiro atoms. The van der Waals surface area contributed by atoms with Gasteiger partial charge in [0.15, 0.2) is 0 Å². The van der Waals surface area contributed by atoms with Crippen LogP contribution in [0.5, 0.6) is 0 Å². The zero-order chi connectivity index (χ0) is 24.3. The summed E-state index contributed by atoms with van der Waals surface area (Å²) in [5.41, 5.74) is 1.91. The molecule has 0 atom stereocenters. The molecule has 3 aromatic carbocycles. The predicted octanol–water partition coefficient (Wildman–Crippen LogP) is 4.42. The third-order valence-corrected chi connectivity index (χ3v) is 7.32. The van der Waals surface area contributed by atoms with E-state index in [2.05, 4.69) is 10.4 Å². The van der Waals surface area contributed by atoms with Crippen LogP contribution in [0.3, 0.4) is 0 Å². The summed E-state index contributed by atoms with van der Waals surface area (Å²) in [6.07, 6.45) is 3.45. The maximum absolute atomic E-state index is 13.2. The number of nitrogens with one attached hydrogen (secondary N) is 1. The first-order chi connectivity index (χ1) is 16.3. The summed E-state index contributed by atoms with van der Waals surface area (Å²) in [6, 6.07) is 18.2. The molecule has 10 heteroatoms. The van der Waals surface area contributed by atoms with Crippen LogP contribution < -0.4 is 9.62 Å². The van der Waals surface area contributed by atoms with Crippen LogP contribution in [-0.4, -0.2) is 31.2 Å². The van der Waals surface area contributed by atoms with Crippen molar-refractivity contribution in [1.82, 2.24) is 15.1 Å². The summed E-state index contributed by atoms with van der Waals surface area (Å²) in [7, 11) is -2.67. The quantitative estimate of drug-likeness (QED) is 0.409. The summed E-state index contributed by atoms with van der Waals surface area (Å²) in [6.45, 7) is 0.178. The Morgan fingerprint density at radius 1 is 1.09 bits per heavy atom. The maximum Gasteiger partial charge on any atom is 0.264 e. The number of carbonyl (C=O) groups is 1. The molecule has 7 nitrogen and oxygen atoms in total. The molecule has 1 aromatic heterocycles. The zero-order valence-electron chi connectivity index (χ0n) is 18.0. The Hall–Kier alpha value is -3.69. The molecule has 0 aliphatic carbocycles. The number of anilines is 1. The van der Waals surface area contributed by atoms with E-state index in [4.69, 9.17) is 11.6 Å². The van der Waals surface area contributed by atoms with Gasteiger partial charge < -0.3 is 5.32 Å². The van der Waals surface area contributed by atoms with Gasteiger partial charge in [-0.2, -0.15) is 5.10 Å². The van der Waals surface area contributed by atoms with Crippen LogP contribution in [0.25, 0.3) is 5.69 Å². The average molecular weight is 499 g/mol. The molecule has 0 bridgehead atoms. The highest BCUT2D eigenvalue weighted by molar-refractivity contribution is 7.92. The molecule has 4 aromatic rings. The number of hydrogen-bond acceptors (Lipinski definition) is 4. The fourth-order valence-corrected chi connectivity index (χ4v) is 4.78. The number of halogens is 2. The number of benzene rings is 3. The molecule has 0 saturated heterocycles. The molecule has 0 aliphatic heterocycles. The number of sulfonamides is 1. The van der Waals surface area contributed by atoms with Crippen molar-refractivity contribution in [1.29, 1.82) is 0 Å². The minimum absolute atomic E-state index is 0.0202. The van der Waals surface area contributed by atoms with E-state index in [1.807, 2.05) is 24.3 Å². The molecule has 174 valence electrons. The summed E-state index contributed by atoms with van der Waals surface area (Å²) >= 11 is 6.22. The van der Waals surface area contributed by atoms with E-state index in [9.17, 15) is 17.6 Å². The van der Waals surface area contributed by atoms with Crippen molar-refractivity contribution in [2.24, 2.45) is 0 Å². The SMILES string of the molecule is CN(c1ccc(F)cc1)S(=O)(=O)c1ccc(Cl)c(C(=O)NCc2ccccc2-n2cccn2)c1. The van der Waals surface area contributed by atoms with Gasteiger partial charge in [0.2, 0.25) is 0 Å². The van der Waals surface area contributed by atoms with Crippen LogP contribution in [0.4, 0.5) is 10.1 Å². The molecule has 0 fully saturated rings. The molecule has 0 saturated carbocycles. The van der Waals surface area contributed by atoms with Gasteiger partial charge in [-0.05, 0) is 60.2 Å². The lowest BCUT2D eigenvalue weighted by molar-refractivity contribution is 0.0951. The van der Waals surface area contributed by atoms with E-state index in [1.54, 1.807) is 23.1 Å². The van der Waals surface area contributed by atoms with Gasteiger partial charge >= 0.3 is 0 Å². The predicted molar refractivity (Wildman–Crippen MR) is 128 cm³/mol. The molecule has 1 heterocycles. The summed E-state index contributed by atoms with van der Waals surface area (Å²) in [4.78, 5) is 12.8. The zero-order valence-corrected chi connectivity index (χ0v) is 19.6. The Labute approximate surface area is 201 Å². The van der Waals surface area contributed by atoms with E-state index in [0.717, 1.165) is 15.6 Å². The second kappa shape index (κ2) is 9.66. The first-order valence-electron chi connectivity index (χ1n) is 10.2. The van der Waals surface area contributed by atoms with Crippen molar-refractivity contribution in [2.45, 2.75) is 11.4 Å². The van der Waals surface area contributed by atoms with Crippen molar-refractivity contribution in [3.8, 4) is 5.69 Å². The average Bonchev–Trinajstić information content (AvgIpc) is 3.38. The second-order valence-corrected chi connectivity index (χ2v) is 9.73. The lowest BCUT2D eigenvalue weighted by Gasteiger charge is -2.20. The Morgan fingerprint density at radius 3 is 2.53 bits per heavy atom. The van der Waals surface area contributed by atoms with E-state index < -0.39 is 21.7 Å². The molecule has 0 radical (unpaired) electrons. The van der Waals surface area contributed by atoms with Gasteiger partial charge in [0.1, 0.15) is 5.82 Å². The van der Waals surface area contributed by atoms with Crippen LogP contribution in [0.1, 0.15) is 15.9 Å². The van der Waals surface area contributed by atoms with Crippen molar-refractivity contribution in [2.75, 3.05) is 11.4 Å². The number of aromatic nitrogens is 2. The maximum atomic E-state index is 13.2. The van der Waals surface area contributed by atoms with Crippen LogP contribution in [-0.2, 0) is 16.6 Å². The Morgan fingerprint density at radius 2 is 1.82 bits per heavy atom. The number of nitrogens with zero attached hydrogens (tertiary/aromatic N) is 3. The van der Waals surface area contributed by atoms with Gasteiger partial charge in [-0.15, -0.1) is 0 Å². The molecular formula is C24H20ClFN4O3S. The Kier molecular flexibility index (Phi) is 6.67. The van der Waals surface area contributed by atoms with Crippen molar-refractivity contribution < 1.29 is 17.6 Å². The smallest absolute Gasteiger partial charge is 0.264 e. The van der Waals surface area contributed by atoms with Gasteiger partial charge in [0, 0.05) is 26.0 Å². The molecule has 4 rings (SSSR count). The van der Waals surface area contributed by atoms with E-state index >= 15 is 0 Å². The summed E-state index contributed by atoms with van der Waals surface area (Å²) in [5, 5.41) is 7.12. The topological polar surface area (TPSA) is 84.3 Å². The second-order valence-electron chi connectivity index (χ2n) is 7.35. The van der Waals surface area contributed by atoms with Crippen LogP contribution in [0, 0.1) is 5.82 Å². The van der Waals surface area contributed by atoms with Crippen molar-refractivity contribution in [3.63, 3.8) is 0 Å². The van der Waals surface area contributed by atoms with Crippen LogP contribution in [0.2, 0.25) is 5.02 Å². The minimum atomic E-state index is -4.02. The van der Waals surface area contributed by atoms with Crippen LogP contribution >= 0.6 is 11.6 Å². The number of para-hydroxylation sites is 1. The lowest BCUT2D eigenvalue weighted by Crippen LogP contribution is -2.28. The fraction of sp³-hybridized carbons (Fsp3) is 0.0833. The van der Waals surface area contributed by atoms with Crippen LogP contribution in [0.15, 0.2) is 90.1 Å². The molecule has 0 aliphatic rings. The van der Waals surface area contributed by atoms with Gasteiger partial charge in [-0.1, -0.05) is 29.8 Å². The standard InChI is InChI=1S/C24H20ClFN4O3S/c1-29(19-9-7-18(26)8-10-19)34(32,33)20-11-12-22(25)21(15-20)24(31)27-16-17-5-2-3-6-23(17)30-14-4-13-28-30/h2-15H,16H2,1H3,(H,27,31).